The molecule has 2 rings (SSSR count). The average molecular weight is 284 g/mol. The van der Waals surface area contributed by atoms with E-state index in [-0.39, 0.29) is 22.3 Å². The first-order chi connectivity index (χ1) is 8.99. The first kappa shape index (κ1) is 14.0. The zero-order chi connectivity index (χ0) is 13.9. The van der Waals surface area contributed by atoms with Gasteiger partial charge in [0.1, 0.15) is 0 Å². The summed E-state index contributed by atoms with van der Waals surface area (Å²) in [4.78, 5) is 10.9. The SMILES string of the molecule is O=C(O)c1cccc(S(=O)(=O)CCC2CCCO2)c1. The highest BCUT2D eigenvalue weighted by Gasteiger charge is 2.21. The lowest BCUT2D eigenvalue weighted by atomic mass is 10.2. The van der Waals surface area contributed by atoms with Gasteiger partial charge in [-0.1, -0.05) is 6.07 Å². The van der Waals surface area contributed by atoms with Gasteiger partial charge in [-0.3, -0.25) is 0 Å². The summed E-state index contributed by atoms with van der Waals surface area (Å²) in [6, 6.07) is 5.45. The Balaban J connectivity index is 2.09. The van der Waals surface area contributed by atoms with Gasteiger partial charge in [-0.2, -0.15) is 0 Å². The summed E-state index contributed by atoms with van der Waals surface area (Å²) in [5.74, 6) is -1.14. The number of rotatable bonds is 5. The van der Waals surface area contributed by atoms with Crippen LogP contribution in [0.25, 0.3) is 0 Å². The van der Waals surface area contributed by atoms with E-state index in [1.54, 1.807) is 0 Å². The van der Waals surface area contributed by atoms with Crippen LogP contribution in [-0.4, -0.2) is 38.0 Å². The normalized spacial score (nSPS) is 19.5. The van der Waals surface area contributed by atoms with Gasteiger partial charge >= 0.3 is 5.97 Å². The third kappa shape index (κ3) is 3.54. The first-order valence-corrected chi connectivity index (χ1v) is 7.82. The molecule has 0 saturated carbocycles. The molecule has 1 aromatic carbocycles. The molecule has 1 unspecified atom stereocenters. The summed E-state index contributed by atoms with van der Waals surface area (Å²) in [6.45, 7) is 0.694. The topological polar surface area (TPSA) is 80.7 Å². The third-order valence-corrected chi connectivity index (χ3v) is 4.92. The van der Waals surface area contributed by atoms with Crippen molar-refractivity contribution in [3.63, 3.8) is 0 Å². The highest BCUT2D eigenvalue weighted by atomic mass is 32.2. The first-order valence-electron chi connectivity index (χ1n) is 6.17. The van der Waals surface area contributed by atoms with Gasteiger partial charge in [0.05, 0.1) is 22.3 Å². The second kappa shape index (κ2) is 5.71. The molecule has 1 aliphatic rings. The molecule has 1 aromatic rings. The zero-order valence-electron chi connectivity index (χ0n) is 10.4. The Hall–Kier alpha value is -1.40. The van der Waals surface area contributed by atoms with Crippen molar-refractivity contribution in [2.24, 2.45) is 0 Å². The summed E-state index contributed by atoms with van der Waals surface area (Å²) >= 11 is 0. The molecule has 0 bridgehead atoms. The maximum Gasteiger partial charge on any atom is 0.335 e. The Morgan fingerprint density at radius 2 is 2.21 bits per heavy atom. The van der Waals surface area contributed by atoms with E-state index in [0.29, 0.717) is 13.0 Å². The van der Waals surface area contributed by atoms with E-state index in [0.717, 1.165) is 12.8 Å². The van der Waals surface area contributed by atoms with E-state index < -0.39 is 15.8 Å². The van der Waals surface area contributed by atoms with E-state index in [4.69, 9.17) is 9.84 Å². The van der Waals surface area contributed by atoms with Gasteiger partial charge < -0.3 is 9.84 Å². The molecular formula is C13H16O5S. The van der Waals surface area contributed by atoms with Gasteiger partial charge in [-0.05, 0) is 37.5 Å². The molecule has 1 fully saturated rings. The van der Waals surface area contributed by atoms with Crippen molar-refractivity contribution in [1.29, 1.82) is 0 Å². The Kier molecular flexibility index (Phi) is 4.21. The zero-order valence-corrected chi connectivity index (χ0v) is 11.2. The molecule has 1 heterocycles. The van der Waals surface area contributed by atoms with Crippen LogP contribution in [0, 0.1) is 0 Å². The molecule has 104 valence electrons. The molecular weight excluding hydrogens is 268 g/mol. The second-order valence-electron chi connectivity index (χ2n) is 4.58. The number of hydrogen-bond donors (Lipinski definition) is 1. The summed E-state index contributed by atoms with van der Waals surface area (Å²) in [5.41, 5.74) is -0.0156. The van der Waals surface area contributed by atoms with Gasteiger partial charge in [0.2, 0.25) is 0 Å². The number of ether oxygens (including phenoxy) is 1. The smallest absolute Gasteiger partial charge is 0.335 e. The number of carboxylic acid groups (broad SMARTS) is 1. The fourth-order valence-electron chi connectivity index (χ4n) is 2.10. The maximum atomic E-state index is 12.1. The second-order valence-corrected chi connectivity index (χ2v) is 6.68. The third-order valence-electron chi connectivity index (χ3n) is 3.17. The lowest BCUT2D eigenvalue weighted by Gasteiger charge is -2.10. The van der Waals surface area contributed by atoms with Crippen molar-refractivity contribution in [3.8, 4) is 0 Å². The Labute approximate surface area is 112 Å². The number of hydrogen-bond acceptors (Lipinski definition) is 4. The van der Waals surface area contributed by atoms with Gasteiger partial charge in [0, 0.05) is 6.61 Å². The molecule has 0 aliphatic carbocycles. The average Bonchev–Trinajstić information content (AvgIpc) is 2.90. The standard InChI is InChI=1S/C13H16O5S/c14-13(15)10-3-1-5-12(9-10)19(16,17)8-6-11-4-2-7-18-11/h1,3,5,9,11H,2,4,6-8H2,(H,14,15). The molecule has 0 aromatic heterocycles. The minimum absolute atomic E-state index is 0.0115. The van der Waals surface area contributed by atoms with Crippen molar-refractivity contribution in [2.45, 2.75) is 30.3 Å². The van der Waals surface area contributed by atoms with Crippen LogP contribution in [0.3, 0.4) is 0 Å². The minimum Gasteiger partial charge on any atom is -0.478 e. The molecule has 1 aliphatic heterocycles. The fourth-order valence-corrected chi connectivity index (χ4v) is 3.50. The Bertz CT molecular complexity index is 558. The van der Waals surface area contributed by atoms with Crippen molar-refractivity contribution in [2.75, 3.05) is 12.4 Å². The van der Waals surface area contributed by atoms with Crippen LogP contribution in [-0.2, 0) is 14.6 Å². The van der Waals surface area contributed by atoms with Crippen LogP contribution >= 0.6 is 0 Å². The molecule has 0 amide bonds. The van der Waals surface area contributed by atoms with Gasteiger partial charge in [0.15, 0.2) is 9.84 Å². The van der Waals surface area contributed by atoms with Crippen LogP contribution in [0.4, 0.5) is 0 Å². The van der Waals surface area contributed by atoms with Crippen molar-refractivity contribution < 1.29 is 23.1 Å². The van der Waals surface area contributed by atoms with Gasteiger partial charge in [0.25, 0.3) is 0 Å². The van der Waals surface area contributed by atoms with Crippen molar-refractivity contribution in [3.05, 3.63) is 29.8 Å². The number of carboxylic acids is 1. The lowest BCUT2D eigenvalue weighted by molar-refractivity contribution is 0.0696. The number of sulfone groups is 1. The predicted molar refractivity (Wildman–Crippen MR) is 69.0 cm³/mol. The quantitative estimate of drug-likeness (QED) is 0.890. The molecule has 1 N–H and O–H groups in total. The van der Waals surface area contributed by atoms with E-state index in [1.165, 1.54) is 24.3 Å². The Morgan fingerprint density at radius 3 is 2.84 bits per heavy atom. The molecule has 6 heteroatoms. The van der Waals surface area contributed by atoms with E-state index in [9.17, 15) is 13.2 Å². The summed E-state index contributed by atoms with van der Waals surface area (Å²) in [6.07, 6.45) is 2.33. The molecule has 0 radical (unpaired) electrons. The monoisotopic (exact) mass is 284 g/mol. The summed E-state index contributed by atoms with van der Waals surface area (Å²) < 4.78 is 29.6. The van der Waals surface area contributed by atoms with Crippen LogP contribution in [0.2, 0.25) is 0 Å². The summed E-state index contributed by atoms with van der Waals surface area (Å²) in [5, 5.41) is 8.86. The lowest BCUT2D eigenvalue weighted by Crippen LogP contribution is -2.15. The number of carbonyl (C=O) groups is 1. The number of benzene rings is 1. The largest absolute Gasteiger partial charge is 0.478 e. The molecule has 1 atom stereocenters. The van der Waals surface area contributed by atoms with Crippen molar-refractivity contribution >= 4 is 15.8 Å². The van der Waals surface area contributed by atoms with Crippen LogP contribution < -0.4 is 0 Å². The van der Waals surface area contributed by atoms with E-state index in [2.05, 4.69) is 0 Å². The summed E-state index contributed by atoms with van der Waals surface area (Å²) in [7, 11) is -3.45. The predicted octanol–water partition coefficient (Wildman–Crippen LogP) is 1.73. The fraction of sp³-hybridized carbons (Fsp3) is 0.462. The van der Waals surface area contributed by atoms with Crippen LogP contribution in [0.1, 0.15) is 29.6 Å². The van der Waals surface area contributed by atoms with Crippen LogP contribution in [0.5, 0.6) is 0 Å². The molecule has 0 spiro atoms. The molecule has 19 heavy (non-hydrogen) atoms. The highest BCUT2D eigenvalue weighted by Crippen LogP contribution is 2.19. The van der Waals surface area contributed by atoms with Gasteiger partial charge in [-0.15, -0.1) is 0 Å². The van der Waals surface area contributed by atoms with E-state index in [1.807, 2.05) is 0 Å². The van der Waals surface area contributed by atoms with Crippen LogP contribution in [0.15, 0.2) is 29.2 Å². The minimum atomic E-state index is -3.45. The molecule has 1 saturated heterocycles. The Morgan fingerprint density at radius 1 is 1.42 bits per heavy atom. The maximum absolute atomic E-state index is 12.1. The molecule has 5 nitrogen and oxygen atoms in total. The van der Waals surface area contributed by atoms with Gasteiger partial charge in [-0.25, -0.2) is 13.2 Å². The van der Waals surface area contributed by atoms with Crippen molar-refractivity contribution in [1.82, 2.24) is 0 Å². The van der Waals surface area contributed by atoms with E-state index >= 15 is 0 Å². The highest BCUT2D eigenvalue weighted by molar-refractivity contribution is 7.91. The number of aromatic carboxylic acids is 1.